The van der Waals surface area contributed by atoms with E-state index in [2.05, 4.69) is 14.8 Å². The summed E-state index contributed by atoms with van der Waals surface area (Å²) in [4.78, 5) is 35.9. The molecule has 0 radical (unpaired) electrons. The summed E-state index contributed by atoms with van der Waals surface area (Å²) in [5.74, 6) is 0.956. The molecule has 39 heavy (non-hydrogen) atoms. The maximum Gasteiger partial charge on any atom is 0.337 e. The highest BCUT2D eigenvalue weighted by Crippen LogP contribution is 2.44. The van der Waals surface area contributed by atoms with Crippen molar-refractivity contribution >= 4 is 58.3 Å². The largest absolute Gasteiger partial charge is 0.496 e. The third-order valence-corrected chi connectivity index (χ3v) is 8.83. The summed E-state index contributed by atoms with van der Waals surface area (Å²) in [6.45, 7) is 4.38. The summed E-state index contributed by atoms with van der Waals surface area (Å²) in [6, 6.07) is 14.8. The van der Waals surface area contributed by atoms with Gasteiger partial charge in [0.25, 0.3) is 0 Å². The number of nitrogens with zero attached hydrogens (tertiary/aromatic N) is 4. The normalized spacial score (nSPS) is 17.9. The molecule has 8 nitrogen and oxygen atoms in total. The zero-order chi connectivity index (χ0) is 27.5. The van der Waals surface area contributed by atoms with Crippen molar-refractivity contribution in [2.45, 2.75) is 11.9 Å². The molecule has 0 saturated carbocycles. The lowest BCUT2D eigenvalue weighted by Gasteiger charge is -2.36. The van der Waals surface area contributed by atoms with Crippen LogP contribution in [0.25, 0.3) is 0 Å². The molecule has 1 aromatic heterocycles. The Morgan fingerprint density at radius 2 is 1.82 bits per heavy atom. The summed E-state index contributed by atoms with van der Waals surface area (Å²) in [5.41, 5.74) is 3.34. The van der Waals surface area contributed by atoms with E-state index in [-0.39, 0.29) is 11.3 Å². The first-order valence-corrected chi connectivity index (χ1v) is 14.3. The number of ether oxygens (including phenoxy) is 2. The van der Waals surface area contributed by atoms with Gasteiger partial charge in [0.1, 0.15) is 16.9 Å². The van der Waals surface area contributed by atoms with Crippen molar-refractivity contribution in [2.75, 3.05) is 56.0 Å². The van der Waals surface area contributed by atoms with Crippen molar-refractivity contribution in [1.82, 2.24) is 9.88 Å². The Bertz CT molecular complexity index is 1370. The molecule has 204 valence electrons. The number of anilines is 2. The fraction of sp³-hybridized carbons (Fsp3) is 0.321. The first-order chi connectivity index (χ1) is 18.9. The van der Waals surface area contributed by atoms with Gasteiger partial charge in [0.05, 0.1) is 47.5 Å². The highest BCUT2D eigenvalue weighted by molar-refractivity contribution is 8.00. The van der Waals surface area contributed by atoms with Crippen LogP contribution >= 0.6 is 35.0 Å². The molecular formula is C28H28Cl2N4O4S. The van der Waals surface area contributed by atoms with Gasteiger partial charge < -0.3 is 14.4 Å². The molecule has 1 unspecified atom stereocenters. The second-order valence-corrected chi connectivity index (χ2v) is 11.1. The first-order valence-electron chi connectivity index (χ1n) is 12.4. The van der Waals surface area contributed by atoms with E-state index in [1.165, 1.54) is 18.9 Å². The Balaban J connectivity index is 1.26. The minimum absolute atomic E-state index is 0.0275. The molecule has 3 heterocycles. The summed E-state index contributed by atoms with van der Waals surface area (Å²) in [7, 11) is 2.88. The second-order valence-electron chi connectivity index (χ2n) is 9.26. The van der Waals surface area contributed by atoms with Crippen LogP contribution in [-0.2, 0) is 16.1 Å². The van der Waals surface area contributed by atoms with Crippen LogP contribution in [0.2, 0.25) is 10.0 Å². The van der Waals surface area contributed by atoms with Crippen LogP contribution in [0.3, 0.4) is 0 Å². The number of carbonyl (C=O) groups excluding carboxylic acids is 2. The van der Waals surface area contributed by atoms with Crippen LogP contribution in [0.15, 0.2) is 54.7 Å². The van der Waals surface area contributed by atoms with Crippen molar-refractivity contribution in [1.29, 1.82) is 0 Å². The van der Waals surface area contributed by atoms with Gasteiger partial charge in [0.2, 0.25) is 5.91 Å². The minimum Gasteiger partial charge on any atom is -0.496 e. The number of halogens is 2. The van der Waals surface area contributed by atoms with Crippen molar-refractivity contribution in [3.8, 4) is 5.75 Å². The Kier molecular flexibility index (Phi) is 8.52. The molecule has 0 bridgehead atoms. The van der Waals surface area contributed by atoms with E-state index in [1.807, 2.05) is 36.5 Å². The van der Waals surface area contributed by atoms with Gasteiger partial charge in [-0.15, -0.1) is 11.8 Å². The Labute approximate surface area is 241 Å². The molecule has 5 rings (SSSR count). The molecule has 2 aromatic carbocycles. The number of benzene rings is 2. The number of hydrogen-bond acceptors (Lipinski definition) is 8. The van der Waals surface area contributed by atoms with Crippen molar-refractivity contribution in [3.63, 3.8) is 0 Å². The molecule has 0 spiro atoms. The quantitative estimate of drug-likeness (QED) is 0.346. The fourth-order valence-corrected chi connectivity index (χ4v) is 6.34. The summed E-state index contributed by atoms with van der Waals surface area (Å²) in [5, 5.41) is 0.826. The number of piperazine rings is 1. The molecule has 2 saturated heterocycles. The monoisotopic (exact) mass is 586 g/mol. The molecule has 2 aliphatic rings. The van der Waals surface area contributed by atoms with Gasteiger partial charge >= 0.3 is 5.97 Å². The summed E-state index contributed by atoms with van der Waals surface area (Å²) < 4.78 is 10.4. The molecule has 11 heteroatoms. The average molecular weight is 588 g/mol. The number of amides is 1. The van der Waals surface area contributed by atoms with Crippen molar-refractivity contribution in [2.24, 2.45) is 0 Å². The number of carbonyl (C=O) groups is 2. The number of esters is 1. The highest BCUT2D eigenvalue weighted by atomic mass is 35.5. The zero-order valence-electron chi connectivity index (χ0n) is 21.6. The fourth-order valence-electron chi connectivity index (χ4n) is 4.83. The van der Waals surface area contributed by atoms with Crippen LogP contribution < -0.4 is 14.5 Å². The van der Waals surface area contributed by atoms with Gasteiger partial charge in [-0.3, -0.25) is 14.6 Å². The Morgan fingerprint density at radius 1 is 1.03 bits per heavy atom. The minimum atomic E-state index is -0.445. The van der Waals surface area contributed by atoms with Crippen LogP contribution in [0.4, 0.5) is 11.5 Å². The van der Waals surface area contributed by atoms with Crippen LogP contribution in [-0.4, -0.2) is 67.9 Å². The second kappa shape index (κ2) is 12.0. The molecule has 1 amide bonds. The number of methoxy groups -OCH3 is 2. The smallest absolute Gasteiger partial charge is 0.337 e. The standard InChI is InChI=1S/C28H28Cl2N4O4S/c1-37-24-14-19(28(36)38-2)4-6-21(24)27-34(26(35)17-39-27)25-8-5-20(15-31-25)33-11-9-32(10-12-33)16-18-3-7-22(29)23(30)13-18/h3-8,13-15,27H,9-12,16-17H2,1-2H3. The summed E-state index contributed by atoms with van der Waals surface area (Å²) in [6.07, 6.45) is 1.83. The van der Waals surface area contributed by atoms with E-state index in [0.717, 1.165) is 49.5 Å². The number of aromatic nitrogens is 1. The van der Waals surface area contributed by atoms with Crippen LogP contribution in [0.1, 0.15) is 26.9 Å². The lowest BCUT2D eigenvalue weighted by atomic mass is 10.1. The van der Waals surface area contributed by atoms with Gasteiger partial charge in [0.15, 0.2) is 0 Å². The van der Waals surface area contributed by atoms with E-state index in [4.69, 9.17) is 32.7 Å². The molecule has 0 aliphatic carbocycles. The van der Waals surface area contributed by atoms with E-state index in [9.17, 15) is 9.59 Å². The lowest BCUT2D eigenvalue weighted by molar-refractivity contribution is -0.115. The lowest BCUT2D eigenvalue weighted by Crippen LogP contribution is -2.46. The number of rotatable bonds is 7. The average Bonchev–Trinajstić information content (AvgIpc) is 3.35. The maximum atomic E-state index is 12.9. The van der Waals surface area contributed by atoms with Gasteiger partial charge in [-0.2, -0.15) is 0 Å². The molecule has 0 N–H and O–H groups in total. The third-order valence-electron chi connectivity index (χ3n) is 6.90. The third kappa shape index (κ3) is 5.96. The van der Waals surface area contributed by atoms with Crippen molar-refractivity contribution in [3.05, 3.63) is 81.5 Å². The highest BCUT2D eigenvalue weighted by Gasteiger charge is 2.37. The van der Waals surface area contributed by atoms with Gasteiger partial charge in [-0.25, -0.2) is 9.78 Å². The SMILES string of the molecule is COC(=O)c1ccc(C2SCC(=O)N2c2ccc(N3CCN(Cc4ccc(Cl)c(Cl)c4)CC3)cn2)c(OC)c1. The topological polar surface area (TPSA) is 75.2 Å². The number of thioether (sulfide) groups is 1. The number of hydrogen-bond donors (Lipinski definition) is 0. The molecular weight excluding hydrogens is 559 g/mol. The Morgan fingerprint density at radius 3 is 2.49 bits per heavy atom. The van der Waals surface area contributed by atoms with E-state index >= 15 is 0 Å². The van der Waals surface area contributed by atoms with E-state index in [0.29, 0.717) is 32.9 Å². The molecule has 2 fully saturated rings. The molecule has 3 aromatic rings. The first kappa shape index (κ1) is 27.6. The van der Waals surface area contributed by atoms with Crippen molar-refractivity contribution < 1.29 is 19.1 Å². The van der Waals surface area contributed by atoms with Crippen LogP contribution in [0.5, 0.6) is 5.75 Å². The molecule has 2 aliphatic heterocycles. The van der Waals surface area contributed by atoms with Gasteiger partial charge in [0, 0.05) is 38.3 Å². The predicted octanol–water partition coefficient (Wildman–Crippen LogP) is 5.28. The summed E-state index contributed by atoms with van der Waals surface area (Å²) >= 11 is 13.7. The van der Waals surface area contributed by atoms with Crippen LogP contribution in [0, 0.1) is 0 Å². The Hall–Kier alpha value is -2.98. The predicted molar refractivity (Wildman–Crippen MR) is 155 cm³/mol. The zero-order valence-corrected chi connectivity index (χ0v) is 23.9. The van der Waals surface area contributed by atoms with E-state index in [1.54, 1.807) is 30.2 Å². The molecule has 1 atom stereocenters. The van der Waals surface area contributed by atoms with Gasteiger partial charge in [-0.05, 0) is 42.0 Å². The number of pyridine rings is 1. The van der Waals surface area contributed by atoms with Gasteiger partial charge in [-0.1, -0.05) is 35.3 Å². The maximum absolute atomic E-state index is 12.9. The van der Waals surface area contributed by atoms with E-state index < -0.39 is 5.97 Å².